The number of benzene rings is 2. The molecule has 1 aromatic heterocycles. The third kappa shape index (κ3) is 4.59. The van der Waals surface area contributed by atoms with E-state index in [2.05, 4.69) is 35.5 Å². The first-order valence-electron chi connectivity index (χ1n) is 11.0. The Kier molecular flexibility index (Phi) is 6.12. The van der Waals surface area contributed by atoms with Gasteiger partial charge in [0.1, 0.15) is 0 Å². The van der Waals surface area contributed by atoms with Crippen molar-refractivity contribution in [1.29, 1.82) is 0 Å². The monoisotopic (exact) mass is 430 g/mol. The Labute approximate surface area is 189 Å². The van der Waals surface area contributed by atoms with E-state index in [-0.39, 0.29) is 24.2 Å². The average molecular weight is 431 g/mol. The Morgan fingerprint density at radius 1 is 1.06 bits per heavy atom. The molecule has 1 aliphatic heterocycles. The number of amides is 2. The molecule has 6 heteroatoms. The molecular formula is C26H30N4O2. The van der Waals surface area contributed by atoms with Gasteiger partial charge < -0.3 is 10.2 Å². The molecule has 1 fully saturated rings. The van der Waals surface area contributed by atoms with Crippen molar-refractivity contribution >= 4 is 17.5 Å². The Balaban J connectivity index is 1.37. The van der Waals surface area contributed by atoms with Crippen LogP contribution in [0, 0.1) is 33.6 Å². The molecule has 2 heterocycles. The number of hydrogen-bond donors (Lipinski definition) is 1. The molecule has 0 saturated carbocycles. The molecule has 3 aromatic rings. The predicted octanol–water partition coefficient (Wildman–Crippen LogP) is 3.83. The molecule has 166 valence electrons. The molecule has 1 saturated heterocycles. The summed E-state index contributed by atoms with van der Waals surface area (Å²) in [5.74, 6) is -0.402. The second kappa shape index (κ2) is 8.99. The van der Waals surface area contributed by atoms with Crippen molar-refractivity contribution < 1.29 is 9.59 Å². The summed E-state index contributed by atoms with van der Waals surface area (Å²) in [5.41, 5.74) is 7.44. The molecule has 4 rings (SSSR count). The Bertz CT molecular complexity index is 1160. The van der Waals surface area contributed by atoms with E-state index >= 15 is 0 Å². The zero-order valence-corrected chi connectivity index (χ0v) is 19.2. The van der Waals surface area contributed by atoms with Gasteiger partial charge in [0.25, 0.3) is 0 Å². The van der Waals surface area contributed by atoms with Crippen molar-refractivity contribution in [1.82, 2.24) is 15.1 Å². The van der Waals surface area contributed by atoms with Crippen LogP contribution in [0.5, 0.6) is 0 Å². The molecule has 1 atom stereocenters. The minimum absolute atomic E-state index is 0.00531. The topological polar surface area (TPSA) is 67.2 Å². The molecule has 6 nitrogen and oxygen atoms in total. The standard InChI is InChI=1S/C26H30N4O2/c1-17-7-5-10-24(20(17)4)29-16-23(13-25(29)31)26(32)27-14-21-8-6-9-22(12-21)15-30-19(3)11-18(2)28-30/h5-12,23H,13-16H2,1-4H3,(H,27,32). The quantitative estimate of drug-likeness (QED) is 0.646. The molecular weight excluding hydrogens is 400 g/mol. The van der Waals surface area contributed by atoms with E-state index < -0.39 is 0 Å². The fourth-order valence-electron chi connectivity index (χ4n) is 4.32. The van der Waals surface area contributed by atoms with E-state index in [9.17, 15) is 9.59 Å². The second-order valence-corrected chi connectivity index (χ2v) is 8.75. The maximum Gasteiger partial charge on any atom is 0.227 e. The zero-order chi connectivity index (χ0) is 22.8. The van der Waals surface area contributed by atoms with Gasteiger partial charge in [0.15, 0.2) is 0 Å². The van der Waals surface area contributed by atoms with Crippen LogP contribution in [-0.4, -0.2) is 28.1 Å². The summed E-state index contributed by atoms with van der Waals surface area (Å²) < 4.78 is 1.99. The van der Waals surface area contributed by atoms with Crippen LogP contribution in [0.15, 0.2) is 48.5 Å². The van der Waals surface area contributed by atoms with Crippen LogP contribution in [-0.2, 0) is 22.7 Å². The number of anilines is 1. The van der Waals surface area contributed by atoms with E-state index in [0.717, 1.165) is 39.3 Å². The highest BCUT2D eigenvalue weighted by molar-refractivity contribution is 6.00. The third-order valence-corrected chi connectivity index (χ3v) is 6.26. The van der Waals surface area contributed by atoms with Gasteiger partial charge >= 0.3 is 0 Å². The molecule has 1 N–H and O–H groups in total. The number of nitrogens with zero attached hydrogens (tertiary/aromatic N) is 3. The highest BCUT2D eigenvalue weighted by Crippen LogP contribution is 2.29. The number of nitrogens with one attached hydrogen (secondary N) is 1. The average Bonchev–Trinajstić information content (AvgIpc) is 3.30. The maximum atomic E-state index is 12.8. The highest BCUT2D eigenvalue weighted by atomic mass is 16.2. The summed E-state index contributed by atoms with van der Waals surface area (Å²) in [6, 6.07) is 16.2. The lowest BCUT2D eigenvalue weighted by Gasteiger charge is -2.20. The largest absolute Gasteiger partial charge is 0.352 e. The van der Waals surface area contributed by atoms with Crippen molar-refractivity contribution in [2.45, 2.75) is 47.2 Å². The molecule has 0 aliphatic carbocycles. The molecule has 2 amide bonds. The smallest absolute Gasteiger partial charge is 0.227 e. The molecule has 32 heavy (non-hydrogen) atoms. The van der Waals surface area contributed by atoms with E-state index in [0.29, 0.717) is 19.6 Å². The molecule has 0 spiro atoms. The SMILES string of the molecule is Cc1cc(C)n(Cc2cccc(CNC(=O)C3CC(=O)N(c4cccc(C)c4C)C3)c2)n1. The number of carbonyl (C=O) groups excluding carboxylic acids is 2. The molecule has 0 bridgehead atoms. The van der Waals surface area contributed by atoms with Crippen LogP contribution in [0.1, 0.15) is 40.1 Å². The lowest BCUT2D eigenvalue weighted by Crippen LogP contribution is -2.32. The van der Waals surface area contributed by atoms with Crippen molar-refractivity contribution in [3.63, 3.8) is 0 Å². The van der Waals surface area contributed by atoms with E-state index in [1.165, 1.54) is 0 Å². The summed E-state index contributed by atoms with van der Waals surface area (Å²) in [6.45, 7) is 9.66. The first kappa shape index (κ1) is 21.8. The summed E-state index contributed by atoms with van der Waals surface area (Å²) in [6.07, 6.45) is 0.247. The number of carbonyl (C=O) groups is 2. The molecule has 0 radical (unpaired) electrons. The van der Waals surface area contributed by atoms with Gasteiger partial charge in [-0.2, -0.15) is 5.10 Å². The van der Waals surface area contributed by atoms with Crippen molar-refractivity contribution in [2.24, 2.45) is 5.92 Å². The molecule has 2 aromatic carbocycles. The van der Waals surface area contributed by atoms with E-state index in [1.54, 1.807) is 4.90 Å². The first-order valence-corrected chi connectivity index (χ1v) is 11.0. The predicted molar refractivity (Wildman–Crippen MR) is 125 cm³/mol. The van der Waals surface area contributed by atoms with Crippen LogP contribution in [0.2, 0.25) is 0 Å². The molecule has 1 aliphatic rings. The molecule has 1 unspecified atom stereocenters. The van der Waals surface area contributed by atoms with E-state index in [4.69, 9.17) is 0 Å². The summed E-state index contributed by atoms with van der Waals surface area (Å²) in [5, 5.41) is 7.55. The number of rotatable bonds is 6. The second-order valence-electron chi connectivity index (χ2n) is 8.75. The Morgan fingerprint density at radius 2 is 1.81 bits per heavy atom. The van der Waals surface area contributed by atoms with Crippen LogP contribution in [0.25, 0.3) is 0 Å². The zero-order valence-electron chi connectivity index (χ0n) is 19.2. The van der Waals surface area contributed by atoms with Crippen molar-refractivity contribution in [3.05, 3.63) is 82.2 Å². The van der Waals surface area contributed by atoms with Gasteiger partial charge in [0, 0.05) is 30.9 Å². The van der Waals surface area contributed by atoms with Crippen LogP contribution >= 0.6 is 0 Å². The first-order chi connectivity index (χ1) is 15.3. The Hall–Kier alpha value is -3.41. The van der Waals surface area contributed by atoms with Gasteiger partial charge in [0.05, 0.1) is 18.2 Å². The minimum atomic E-state index is -0.333. The highest BCUT2D eigenvalue weighted by Gasteiger charge is 2.35. The third-order valence-electron chi connectivity index (χ3n) is 6.26. The van der Waals surface area contributed by atoms with Gasteiger partial charge in [-0.15, -0.1) is 0 Å². The fourth-order valence-corrected chi connectivity index (χ4v) is 4.32. The van der Waals surface area contributed by atoms with Gasteiger partial charge in [-0.1, -0.05) is 36.4 Å². The maximum absolute atomic E-state index is 12.8. The van der Waals surface area contributed by atoms with Gasteiger partial charge in [-0.3, -0.25) is 14.3 Å². The van der Waals surface area contributed by atoms with Gasteiger partial charge in [-0.05, 0) is 62.1 Å². The number of hydrogen-bond acceptors (Lipinski definition) is 3. The van der Waals surface area contributed by atoms with Gasteiger partial charge in [-0.25, -0.2) is 0 Å². The minimum Gasteiger partial charge on any atom is -0.352 e. The lowest BCUT2D eigenvalue weighted by molar-refractivity contribution is -0.126. The van der Waals surface area contributed by atoms with Crippen molar-refractivity contribution in [3.8, 4) is 0 Å². The van der Waals surface area contributed by atoms with Crippen LogP contribution in [0.4, 0.5) is 5.69 Å². The Morgan fingerprint density at radius 3 is 2.56 bits per heavy atom. The van der Waals surface area contributed by atoms with Gasteiger partial charge in [0.2, 0.25) is 11.8 Å². The summed E-state index contributed by atoms with van der Waals surface area (Å²) in [4.78, 5) is 27.2. The van der Waals surface area contributed by atoms with Crippen LogP contribution in [0.3, 0.4) is 0 Å². The van der Waals surface area contributed by atoms with Crippen LogP contribution < -0.4 is 10.2 Å². The fraction of sp³-hybridized carbons (Fsp3) is 0.346. The summed E-state index contributed by atoms with van der Waals surface area (Å²) >= 11 is 0. The van der Waals surface area contributed by atoms with E-state index in [1.807, 2.05) is 55.8 Å². The van der Waals surface area contributed by atoms with Crippen molar-refractivity contribution in [2.75, 3.05) is 11.4 Å². The number of aryl methyl sites for hydroxylation is 3. The normalized spacial score (nSPS) is 15.9. The summed E-state index contributed by atoms with van der Waals surface area (Å²) in [7, 11) is 0. The lowest BCUT2D eigenvalue weighted by atomic mass is 10.1. The number of aromatic nitrogens is 2.